The van der Waals surface area contributed by atoms with Crippen molar-refractivity contribution in [3.05, 3.63) is 129 Å². The van der Waals surface area contributed by atoms with Gasteiger partial charge in [0.2, 0.25) is 0 Å². The Labute approximate surface area is 196 Å². The maximum Gasteiger partial charge on any atom is 0.261 e. The molecule has 0 radical (unpaired) electrons. The van der Waals surface area contributed by atoms with E-state index >= 15 is 0 Å². The lowest BCUT2D eigenvalue weighted by Crippen LogP contribution is -2.26. The average molecular weight is 452 g/mol. The zero-order valence-electron chi connectivity index (χ0n) is 17.9. The van der Waals surface area contributed by atoms with E-state index in [9.17, 15) is 4.79 Å². The summed E-state index contributed by atoms with van der Waals surface area (Å²) in [6, 6.07) is 31.3. The van der Waals surface area contributed by atoms with Gasteiger partial charge in [0.05, 0.1) is 17.4 Å². The molecule has 0 unspecified atom stereocenters. The molecule has 5 rings (SSSR count). The van der Waals surface area contributed by atoms with Crippen LogP contribution in [-0.4, -0.2) is 9.55 Å². The molecule has 0 saturated heterocycles. The zero-order valence-corrected chi connectivity index (χ0v) is 18.7. The minimum Gasteiger partial charge on any atom is -0.399 e. The van der Waals surface area contributed by atoms with Crippen LogP contribution in [0.1, 0.15) is 17.0 Å². The molecular weight excluding hydrogens is 430 g/mol. The van der Waals surface area contributed by atoms with Crippen LogP contribution in [0.4, 0.5) is 5.69 Å². The average Bonchev–Trinajstić information content (AvgIpc) is 2.84. The lowest BCUT2D eigenvalue weighted by Gasteiger charge is -2.15. The van der Waals surface area contributed by atoms with Crippen LogP contribution in [0, 0.1) is 0 Å². The van der Waals surface area contributed by atoms with E-state index in [0.717, 1.165) is 28.1 Å². The number of benzene rings is 4. The monoisotopic (exact) mass is 451 g/mol. The molecule has 0 aliphatic heterocycles. The Balaban J connectivity index is 1.54. The van der Waals surface area contributed by atoms with Gasteiger partial charge in [0.1, 0.15) is 5.82 Å². The van der Waals surface area contributed by atoms with Crippen molar-refractivity contribution in [2.75, 3.05) is 5.73 Å². The molecule has 0 fully saturated rings. The highest BCUT2D eigenvalue weighted by molar-refractivity contribution is 6.30. The van der Waals surface area contributed by atoms with Crippen molar-refractivity contribution in [2.24, 2.45) is 0 Å². The third-order valence-corrected chi connectivity index (χ3v) is 5.99. The van der Waals surface area contributed by atoms with Crippen molar-refractivity contribution in [1.29, 1.82) is 0 Å². The highest BCUT2D eigenvalue weighted by Crippen LogP contribution is 2.22. The highest BCUT2D eigenvalue weighted by atomic mass is 35.5. The number of nitrogens with zero attached hydrogens (tertiary/aromatic N) is 2. The molecule has 1 heterocycles. The molecule has 0 amide bonds. The van der Waals surface area contributed by atoms with E-state index < -0.39 is 0 Å². The number of rotatable bonds is 5. The van der Waals surface area contributed by atoms with Crippen LogP contribution in [0.5, 0.6) is 0 Å². The second-order valence-electron chi connectivity index (χ2n) is 8.06. The van der Waals surface area contributed by atoms with E-state index in [2.05, 4.69) is 12.1 Å². The summed E-state index contributed by atoms with van der Waals surface area (Å²) in [6.07, 6.45) is 0.569. The van der Waals surface area contributed by atoms with E-state index in [1.165, 1.54) is 0 Å². The Hall–Kier alpha value is -3.89. The van der Waals surface area contributed by atoms with Gasteiger partial charge in [0.25, 0.3) is 5.56 Å². The summed E-state index contributed by atoms with van der Waals surface area (Å²) >= 11 is 6.01. The molecular formula is C28H22ClN3O. The second kappa shape index (κ2) is 8.93. The van der Waals surface area contributed by atoms with Crippen molar-refractivity contribution in [1.82, 2.24) is 9.55 Å². The Morgan fingerprint density at radius 3 is 2.15 bits per heavy atom. The third-order valence-electron chi connectivity index (χ3n) is 5.73. The van der Waals surface area contributed by atoms with Crippen LogP contribution in [0.3, 0.4) is 0 Å². The molecule has 0 saturated carbocycles. The predicted molar refractivity (Wildman–Crippen MR) is 136 cm³/mol. The third kappa shape index (κ3) is 4.52. The normalized spacial score (nSPS) is 11.1. The Bertz CT molecular complexity index is 1470. The fourth-order valence-corrected chi connectivity index (χ4v) is 4.11. The fraction of sp³-hybridized carbons (Fsp3) is 0.0714. The summed E-state index contributed by atoms with van der Waals surface area (Å²) in [5, 5.41) is 1.25. The van der Waals surface area contributed by atoms with E-state index in [0.29, 0.717) is 34.6 Å². The first kappa shape index (κ1) is 21.0. The number of nitrogens with two attached hydrogens (primary N) is 1. The molecule has 162 valence electrons. The molecule has 5 aromatic rings. The van der Waals surface area contributed by atoms with Crippen LogP contribution in [0.2, 0.25) is 5.02 Å². The van der Waals surface area contributed by atoms with Gasteiger partial charge in [-0.05, 0) is 52.6 Å². The van der Waals surface area contributed by atoms with Crippen LogP contribution in [0.15, 0.2) is 102 Å². The number of nitrogen functional groups attached to an aromatic ring is 1. The maximum absolute atomic E-state index is 13.5. The molecule has 0 spiro atoms. The number of hydrogen-bond acceptors (Lipinski definition) is 3. The molecule has 0 bridgehead atoms. The van der Waals surface area contributed by atoms with E-state index in [1.807, 2.05) is 72.8 Å². The van der Waals surface area contributed by atoms with Gasteiger partial charge in [0.15, 0.2) is 0 Å². The van der Waals surface area contributed by atoms with Crippen LogP contribution >= 0.6 is 11.6 Å². The Morgan fingerprint density at radius 1 is 0.788 bits per heavy atom. The van der Waals surface area contributed by atoms with Gasteiger partial charge in [-0.25, -0.2) is 4.98 Å². The first-order valence-corrected chi connectivity index (χ1v) is 11.1. The van der Waals surface area contributed by atoms with Gasteiger partial charge >= 0.3 is 0 Å². The molecule has 0 aliphatic carbocycles. The first-order chi connectivity index (χ1) is 16.1. The summed E-state index contributed by atoms with van der Waals surface area (Å²) in [5.41, 5.74) is 11.4. The van der Waals surface area contributed by atoms with Gasteiger partial charge in [-0.2, -0.15) is 0 Å². The molecule has 0 atom stereocenters. The molecule has 2 N–H and O–H groups in total. The number of fused-ring (bicyclic) bond motifs is 1. The minimum atomic E-state index is -0.0833. The fourth-order valence-electron chi connectivity index (χ4n) is 3.99. The lowest BCUT2D eigenvalue weighted by molar-refractivity contribution is 0.694. The minimum absolute atomic E-state index is 0.0833. The summed E-state index contributed by atoms with van der Waals surface area (Å²) in [6.45, 7) is 0.430. The van der Waals surface area contributed by atoms with Crippen molar-refractivity contribution < 1.29 is 0 Å². The predicted octanol–water partition coefficient (Wildman–Crippen LogP) is 5.94. The molecule has 4 aromatic carbocycles. The van der Waals surface area contributed by atoms with Gasteiger partial charge in [0, 0.05) is 17.1 Å². The molecule has 4 nitrogen and oxygen atoms in total. The van der Waals surface area contributed by atoms with E-state index in [-0.39, 0.29) is 5.56 Å². The van der Waals surface area contributed by atoms with Crippen molar-refractivity contribution >= 4 is 28.2 Å². The summed E-state index contributed by atoms with van der Waals surface area (Å²) in [5.74, 6) is 0.727. The van der Waals surface area contributed by atoms with E-state index in [4.69, 9.17) is 22.3 Å². The van der Waals surface area contributed by atoms with Crippen molar-refractivity contribution in [3.8, 4) is 11.1 Å². The van der Waals surface area contributed by atoms with E-state index in [1.54, 1.807) is 16.7 Å². The quantitative estimate of drug-likeness (QED) is 0.336. The van der Waals surface area contributed by atoms with Gasteiger partial charge in [-0.3, -0.25) is 9.36 Å². The van der Waals surface area contributed by atoms with Gasteiger partial charge in [-0.1, -0.05) is 78.3 Å². The number of hydrogen-bond donors (Lipinski definition) is 1. The summed E-state index contributed by atoms with van der Waals surface area (Å²) in [4.78, 5) is 18.3. The number of halogens is 1. The molecule has 1 aromatic heterocycles. The van der Waals surface area contributed by atoms with Crippen molar-refractivity contribution in [3.63, 3.8) is 0 Å². The van der Waals surface area contributed by atoms with Crippen molar-refractivity contribution in [2.45, 2.75) is 13.0 Å². The topological polar surface area (TPSA) is 60.9 Å². The number of aromatic nitrogens is 2. The smallest absolute Gasteiger partial charge is 0.261 e. The van der Waals surface area contributed by atoms with Crippen LogP contribution in [-0.2, 0) is 13.0 Å². The molecule has 33 heavy (non-hydrogen) atoms. The Kier molecular flexibility index (Phi) is 5.68. The second-order valence-corrected chi connectivity index (χ2v) is 8.50. The zero-order chi connectivity index (χ0) is 22.8. The SMILES string of the molecule is Nc1ccc2nc(Cc3ccccc3)n(Cc3ccc(-c4ccc(Cl)cc4)cc3)c(=O)c2c1. The van der Waals surface area contributed by atoms with Gasteiger partial charge in [-0.15, -0.1) is 0 Å². The Morgan fingerprint density at radius 2 is 1.45 bits per heavy atom. The van der Waals surface area contributed by atoms with Crippen LogP contribution in [0.25, 0.3) is 22.0 Å². The first-order valence-electron chi connectivity index (χ1n) is 10.7. The largest absolute Gasteiger partial charge is 0.399 e. The lowest BCUT2D eigenvalue weighted by atomic mass is 10.0. The molecule has 5 heteroatoms. The summed E-state index contributed by atoms with van der Waals surface area (Å²) < 4.78 is 1.76. The highest BCUT2D eigenvalue weighted by Gasteiger charge is 2.13. The maximum atomic E-state index is 13.5. The standard InChI is InChI=1S/C28H22ClN3O/c29-23-12-10-22(11-13-23)21-8-6-20(7-9-21)18-32-27(16-19-4-2-1-3-5-19)31-26-15-14-24(30)17-25(26)28(32)33/h1-15,17H,16,18,30H2. The number of anilines is 1. The van der Waals surface area contributed by atoms with Crippen LogP contribution < -0.4 is 11.3 Å². The summed E-state index contributed by atoms with van der Waals surface area (Å²) in [7, 11) is 0. The van der Waals surface area contributed by atoms with Gasteiger partial charge < -0.3 is 5.73 Å². The molecule has 0 aliphatic rings.